The van der Waals surface area contributed by atoms with E-state index in [0.717, 1.165) is 22.5 Å². The molecule has 0 aliphatic carbocycles. The van der Waals surface area contributed by atoms with Crippen LogP contribution < -0.4 is 5.56 Å². The van der Waals surface area contributed by atoms with Crippen LogP contribution in [0.1, 0.15) is 34.7 Å². The zero-order chi connectivity index (χ0) is 23.5. The third-order valence-corrected chi connectivity index (χ3v) is 5.88. The summed E-state index contributed by atoms with van der Waals surface area (Å²) in [5.74, 6) is -1.92. The first-order chi connectivity index (χ1) is 15.9. The number of rotatable bonds is 7. The van der Waals surface area contributed by atoms with Crippen LogP contribution >= 0.6 is 0 Å². The number of aliphatic hydroxyl groups is 1. The molecule has 0 amide bonds. The molecule has 8 nitrogen and oxygen atoms in total. The maximum absolute atomic E-state index is 13.4. The van der Waals surface area contributed by atoms with Gasteiger partial charge in [0.1, 0.15) is 0 Å². The fourth-order valence-electron chi connectivity index (χ4n) is 4.06. The van der Waals surface area contributed by atoms with Crippen molar-refractivity contribution in [2.75, 3.05) is 0 Å². The average molecular weight is 450 g/mol. The summed E-state index contributed by atoms with van der Waals surface area (Å²) < 4.78 is 14.8. The molecular weight excluding hydrogens is 424 g/mol. The van der Waals surface area contributed by atoms with Gasteiger partial charge >= 0.3 is 5.97 Å². The van der Waals surface area contributed by atoms with Gasteiger partial charge in [0.05, 0.1) is 18.9 Å². The van der Waals surface area contributed by atoms with Gasteiger partial charge in [0.15, 0.2) is 0 Å². The molecule has 1 aromatic heterocycles. The predicted octanol–water partition coefficient (Wildman–Crippen LogP) is 2.99. The van der Waals surface area contributed by atoms with Crippen LogP contribution in [0.3, 0.4) is 0 Å². The summed E-state index contributed by atoms with van der Waals surface area (Å²) in [6.45, 7) is 2.01. The van der Waals surface area contributed by atoms with Crippen molar-refractivity contribution >= 4 is 5.97 Å². The molecule has 3 aromatic rings. The van der Waals surface area contributed by atoms with Crippen molar-refractivity contribution in [3.8, 4) is 5.69 Å². The first kappa shape index (κ1) is 22.6. The van der Waals surface area contributed by atoms with Crippen LogP contribution in [0.4, 0.5) is 0 Å². The van der Waals surface area contributed by atoms with Crippen molar-refractivity contribution in [1.82, 2.24) is 9.36 Å². The summed E-state index contributed by atoms with van der Waals surface area (Å²) in [5, 5.41) is 18.8. The van der Waals surface area contributed by atoms with Crippen LogP contribution in [0.25, 0.3) is 5.69 Å². The zero-order valence-corrected chi connectivity index (χ0v) is 18.5. The summed E-state index contributed by atoms with van der Waals surface area (Å²) in [6.07, 6.45) is 0.963. The fourth-order valence-corrected chi connectivity index (χ4v) is 4.06. The van der Waals surface area contributed by atoms with Gasteiger partial charge in [-0.25, -0.2) is 9.48 Å². The number of carboxylic acid groups (broad SMARTS) is 1. The Labute approximate surface area is 190 Å². The minimum Gasteiger partial charge on any atom is -0.475 e. The zero-order valence-electron chi connectivity index (χ0n) is 18.5. The second-order valence-corrected chi connectivity index (χ2v) is 7.99. The van der Waals surface area contributed by atoms with E-state index in [2.05, 4.69) is 0 Å². The van der Waals surface area contributed by atoms with E-state index in [1.165, 1.54) is 6.08 Å². The SMILES string of the molecule is Cc1c([C@H]2C=C(C(=O)O)O[C@@H](OCc3ccc(CO)cc3)C2)c(=O)n(-c2ccccc2)n1C. The van der Waals surface area contributed by atoms with Gasteiger partial charge in [0, 0.05) is 30.6 Å². The van der Waals surface area contributed by atoms with E-state index in [0.29, 0.717) is 12.0 Å². The highest BCUT2D eigenvalue weighted by Crippen LogP contribution is 2.32. The second kappa shape index (κ2) is 9.48. The van der Waals surface area contributed by atoms with Crippen molar-refractivity contribution in [3.63, 3.8) is 0 Å². The molecule has 2 atom stereocenters. The highest BCUT2D eigenvalue weighted by Gasteiger charge is 2.32. The summed E-state index contributed by atoms with van der Waals surface area (Å²) in [5.41, 5.74) is 3.44. The Balaban J connectivity index is 1.62. The molecule has 2 heterocycles. The smallest absolute Gasteiger partial charge is 0.370 e. The quantitative estimate of drug-likeness (QED) is 0.574. The number of ether oxygens (including phenoxy) is 2. The van der Waals surface area contributed by atoms with Gasteiger partial charge in [0.2, 0.25) is 12.0 Å². The van der Waals surface area contributed by atoms with E-state index in [4.69, 9.17) is 9.47 Å². The molecule has 4 rings (SSSR count). The predicted molar refractivity (Wildman–Crippen MR) is 121 cm³/mol. The van der Waals surface area contributed by atoms with Crippen molar-refractivity contribution in [3.05, 3.63) is 99.2 Å². The van der Waals surface area contributed by atoms with Gasteiger partial charge in [0.25, 0.3) is 5.56 Å². The topological polar surface area (TPSA) is 103 Å². The van der Waals surface area contributed by atoms with Gasteiger partial charge in [-0.1, -0.05) is 42.5 Å². The molecule has 0 bridgehead atoms. The first-order valence-corrected chi connectivity index (χ1v) is 10.6. The van der Waals surface area contributed by atoms with E-state index >= 15 is 0 Å². The monoisotopic (exact) mass is 450 g/mol. The van der Waals surface area contributed by atoms with Crippen LogP contribution in [-0.4, -0.2) is 31.8 Å². The standard InChI is InChI=1S/C25H26N2O6/c1-16-23(24(29)27(26(16)2)20-6-4-3-5-7-20)19-12-21(25(30)31)33-22(13-19)32-15-18-10-8-17(14-28)9-11-18/h3-12,19,22,28H,13-15H2,1-2H3,(H,30,31)/t19-,22+/m0/s1. The van der Waals surface area contributed by atoms with E-state index in [-0.39, 0.29) is 24.5 Å². The van der Waals surface area contributed by atoms with Crippen molar-refractivity contribution in [2.45, 2.75) is 38.8 Å². The van der Waals surface area contributed by atoms with Gasteiger partial charge in [-0.05, 0) is 36.3 Å². The van der Waals surface area contributed by atoms with Crippen LogP contribution in [0.2, 0.25) is 0 Å². The van der Waals surface area contributed by atoms with Crippen molar-refractivity contribution < 1.29 is 24.5 Å². The molecule has 2 N–H and O–H groups in total. The number of carboxylic acids is 1. The number of para-hydroxylation sites is 1. The summed E-state index contributed by atoms with van der Waals surface area (Å²) in [6, 6.07) is 16.6. The fraction of sp³-hybridized carbons (Fsp3) is 0.280. The summed E-state index contributed by atoms with van der Waals surface area (Å²) in [7, 11) is 1.80. The van der Waals surface area contributed by atoms with E-state index in [1.807, 2.05) is 49.4 Å². The lowest BCUT2D eigenvalue weighted by Crippen LogP contribution is -2.29. The molecule has 1 aliphatic rings. The van der Waals surface area contributed by atoms with Gasteiger partial charge in [-0.15, -0.1) is 0 Å². The molecule has 0 radical (unpaired) electrons. The van der Waals surface area contributed by atoms with Crippen LogP contribution in [-0.2, 0) is 34.5 Å². The highest BCUT2D eigenvalue weighted by atomic mass is 16.7. The number of aromatic nitrogens is 2. The minimum atomic E-state index is -1.21. The highest BCUT2D eigenvalue weighted by molar-refractivity contribution is 5.84. The Kier molecular flexibility index (Phi) is 6.48. The largest absolute Gasteiger partial charge is 0.475 e. The number of hydrogen-bond acceptors (Lipinski definition) is 5. The molecule has 0 fully saturated rings. The summed E-state index contributed by atoms with van der Waals surface area (Å²) in [4.78, 5) is 25.1. The minimum absolute atomic E-state index is 0.0434. The summed E-state index contributed by atoms with van der Waals surface area (Å²) >= 11 is 0. The van der Waals surface area contributed by atoms with Gasteiger partial charge in [-0.2, -0.15) is 0 Å². The Morgan fingerprint density at radius 2 is 1.79 bits per heavy atom. The molecule has 2 aromatic carbocycles. The number of allylic oxidation sites excluding steroid dienone is 1. The lowest BCUT2D eigenvalue weighted by molar-refractivity contribution is -0.160. The molecule has 0 saturated heterocycles. The van der Waals surface area contributed by atoms with Crippen LogP contribution in [0, 0.1) is 6.92 Å². The Bertz CT molecular complexity index is 1220. The number of aliphatic carboxylic acids is 1. The molecule has 0 unspecified atom stereocenters. The maximum atomic E-state index is 13.4. The lowest BCUT2D eigenvalue weighted by atomic mass is 9.93. The number of hydrogen-bond donors (Lipinski definition) is 2. The molecule has 1 aliphatic heterocycles. The molecule has 8 heteroatoms. The Morgan fingerprint density at radius 1 is 1.12 bits per heavy atom. The third kappa shape index (κ3) is 4.62. The molecule has 0 spiro atoms. The van der Waals surface area contributed by atoms with Gasteiger partial charge < -0.3 is 19.7 Å². The number of aliphatic hydroxyl groups excluding tert-OH is 1. The maximum Gasteiger partial charge on any atom is 0.370 e. The van der Waals surface area contributed by atoms with Gasteiger partial charge in [-0.3, -0.25) is 9.48 Å². The van der Waals surface area contributed by atoms with Crippen LogP contribution in [0.15, 0.2) is 71.2 Å². The first-order valence-electron chi connectivity index (χ1n) is 10.6. The van der Waals surface area contributed by atoms with Crippen molar-refractivity contribution in [1.29, 1.82) is 0 Å². The van der Waals surface area contributed by atoms with E-state index in [9.17, 15) is 19.8 Å². The normalized spacial score (nSPS) is 18.0. The molecule has 172 valence electrons. The van der Waals surface area contributed by atoms with E-state index in [1.54, 1.807) is 28.5 Å². The number of carbonyl (C=O) groups is 1. The Hall–Kier alpha value is -3.62. The molecule has 33 heavy (non-hydrogen) atoms. The second-order valence-electron chi connectivity index (χ2n) is 7.99. The Morgan fingerprint density at radius 3 is 2.42 bits per heavy atom. The van der Waals surface area contributed by atoms with Crippen molar-refractivity contribution in [2.24, 2.45) is 7.05 Å². The lowest BCUT2D eigenvalue weighted by Gasteiger charge is -2.28. The molecule has 0 saturated carbocycles. The average Bonchev–Trinajstić information content (AvgIpc) is 3.06. The third-order valence-electron chi connectivity index (χ3n) is 5.88. The van der Waals surface area contributed by atoms with Crippen LogP contribution in [0.5, 0.6) is 0 Å². The number of benzene rings is 2. The molecular formula is C25H26N2O6. The van der Waals surface area contributed by atoms with E-state index < -0.39 is 18.2 Å². The number of nitrogens with zero attached hydrogens (tertiary/aromatic N) is 2.